The first kappa shape index (κ1) is 16.7. The summed E-state index contributed by atoms with van der Waals surface area (Å²) in [5.41, 5.74) is 0.802. The zero-order valence-electron chi connectivity index (χ0n) is 12.5. The third-order valence-corrected chi connectivity index (χ3v) is 6.10. The van der Waals surface area contributed by atoms with E-state index in [1.165, 1.54) is 11.3 Å². The normalized spacial score (nSPS) is 11.2. The number of hydrogen-bond donors (Lipinski definition) is 2. The molecule has 0 spiro atoms. The second-order valence-electron chi connectivity index (χ2n) is 4.91. The molecule has 0 radical (unpaired) electrons. The van der Waals surface area contributed by atoms with Gasteiger partial charge in [0, 0.05) is 15.6 Å². The van der Waals surface area contributed by atoms with Gasteiger partial charge in [0.15, 0.2) is 11.6 Å². The van der Waals surface area contributed by atoms with Gasteiger partial charge in [0.2, 0.25) is 0 Å². The lowest BCUT2D eigenvalue weighted by Gasteiger charge is -2.07. The number of halogens is 1. The van der Waals surface area contributed by atoms with Crippen molar-refractivity contribution < 1.29 is 8.42 Å². The molecule has 124 valence electrons. The van der Waals surface area contributed by atoms with Crippen LogP contribution in [0.1, 0.15) is 4.88 Å². The maximum Gasteiger partial charge on any atom is 0.272 e. The lowest BCUT2D eigenvalue weighted by molar-refractivity contribution is 0.603. The fraction of sp³-hybridized carbons (Fsp3) is 0.0667. The molecule has 2 heterocycles. The molecule has 0 aliphatic rings. The molecule has 3 rings (SSSR count). The highest BCUT2D eigenvalue weighted by atomic mass is 35.5. The molecule has 9 heteroatoms. The van der Waals surface area contributed by atoms with Crippen LogP contribution in [0.15, 0.2) is 52.7 Å². The largest absolute Gasteiger partial charge is 0.339 e. The van der Waals surface area contributed by atoms with Gasteiger partial charge >= 0.3 is 0 Å². The average Bonchev–Trinajstić information content (AvgIpc) is 2.99. The maximum atomic E-state index is 12.2. The Morgan fingerprint density at radius 2 is 1.62 bits per heavy atom. The Balaban J connectivity index is 1.71. The van der Waals surface area contributed by atoms with Gasteiger partial charge in [-0.1, -0.05) is 11.6 Å². The average molecular weight is 381 g/mol. The van der Waals surface area contributed by atoms with Crippen molar-refractivity contribution in [2.75, 3.05) is 10.0 Å². The molecule has 2 N–H and O–H groups in total. The summed E-state index contributed by atoms with van der Waals surface area (Å²) in [6.07, 6.45) is 0. The molecule has 0 bridgehead atoms. The Morgan fingerprint density at radius 1 is 0.958 bits per heavy atom. The molecule has 0 fully saturated rings. The second kappa shape index (κ2) is 6.76. The van der Waals surface area contributed by atoms with Gasteiger partial charge in [0.25, 0.3) is 10.0 Å². The summed E-state index contributed by atoms with van der Waals surface area (Å²) in [6.45, 7) is 1.85. The predicted molar refractivity (Wildman–Crippen MR) is 96.6 cm³/mol. The molecular formula is C15H13ClN4O2S2. The number of nitrogens with zero attached hydrogens (tertiary/aromatic N) is 2. The minimum Gasteiger partial charge on any atom is -0.339 e. The van der Waals surface area contributed by atoms with Gasteiger partial charge in [0.1, 0.15) is 4.21 Å². The smallest absolute Gasteiger partial charge is 0.272 e. The van der Waals surface area contributed by atoms with E-state index in [4.69, 9.17) is 11.6 Å². The second-order valence-corrected chi connectivity index (χ2v) is 8.54. The van der Waals surface area contributed by atoms with Crippen molar-refractivity contribution in [3.63, 3.8) is 0 Å². The molecule has 0 saturated heterocycles. The first-order valence-electron chi connectivity index (χ1n) is 6.88. The van der Waals surface area contributed by atoms with Gasteiger partial charge in [-0.25, -0.2) is 8.42 Å². The quantitative estimate of drug-likeness (QED) is 0.697. The van der Waals surface area contributed by atoms with Crippen LogP contribution in [0, 0.1) is 6.92 Å². The third-order valence-electron chi connectivity index (χ3n) is 3.00. The molecule has 2 aromatic heterocycles. The van der Waals surface area contributed by atoms with Gasteiger partial charge in [-0.3, -0.25) is 4.72 Å². The van der Waals surface area contributed by atoms with Crippen molar-refractivity contribution in [1.29, 1.82) is 0 Å². The molecule has 24 heavy (non-hydrogen) atoms. The van der Waals surface area contributed by atoms with Crippen LogP contribution in [0.25, 0.3) is 0 Å². The number of sulfonamides is 1. The fourth-order valence-electron chi connectivity index (χ4n) is 1.88. The summed E-state index contributed by atoms with van der Waals surface area (Å²) >= 11 is 7.03. The van der Waals surface area contributed by atoms with E-state index in [1.54, 1.807) is 48.5 Å². The number of hydrogen-bond acceptors (Lipinski definition) is 6. The van der Waals surface area contributed by atoms with Crippen LogP contribution >= 0.6 is 22.9 Å². The zero-order chi connectivity index (χ0) is 17.2. The molecular weight excluding hydrogens is 368 g/mol. The van der Waals surface area contributed by atoms with Crippen molar-refractivity contribution in [1.82, 2.24) is 10.2 Å². The monoisotopic (exact) mass is 380 g/mol. The summed E-state index contributed by atoms with van der Waals surface area (Å²) in [5.74, 6) is 0.648. The van der Waals surface area contributed by atoms with E-state index in [2.05, 4.69) is 20.2 Å². The van der Waals surface area contributed by atoms with E-state index in [0.717, 1.165) is 10.6 Å². The maximum absolute atomic E-state index is 12.2. The van der Waals surface area contributed by atoms with E-state index in [0.29, 0.717) is 10.8 Å². The number of aryl methyl sites for hydroxylation is 1. The van der Waals surface area contributed by atoms with E-state index in [9.17, 15) is 8.42 Å². The Bertz CT molecular complexity index is 938. The molecule has 0 atom stereocenters. The number of anilines is 3. The Kier molecular flexibility index (Phi) is 4.70. The fourth-order valence-corrected chi connectivity index (χ4v) is 4.28. The lowest BCUT2D eigenvalue weighted by Crippen LogP contribution is -2.13. The first-order chi connectivity index (χ1) is 11.4. The topological polar surface area (TPSA) is 84.0 Å². The molecule has 0 amide bonds. The Hall–Kier alpha value is -2.16. The molecule has 6 nitrogen and oxygen atoms in total. The zero-order valence-corrected chi connectivity index (χ0v) is 14.9. The predicted octanol–water partition coefficient (Wildman–Crippen LogP) is 4.04. The van der Waals surface area contributed by atoms with Crippen molar-refractivity contribution >= 4 is 50.3 Å². The molecule has 3 aromatic rings. The van der Waals surface area contributed by atoms with Crippen molar-refractivity contribution in [3.05, 3.63) is 58.4 Å². The molecule has 0 aliphatic heterocycles. The van der Waals surface area contributed by atoms with Gasteiger partial charge in [-0.2, -0.15) is 0 Å². The van der Waals surface area contributed by atoms with Crippen LogP contribution < -0.4 is 10.0 Å². The molecule has 1 aromatic carbocycles. The summed E-state index contributed by atoms with van der Waals surface area (Å²) in [7, 11) is -3.64. The highest BCUT2D eigenvalue weighted by Gasteiger charge is 2.17. The Labute approximate surface area is 148 Å². The third kappa shape index (κ3) is 4.02. The van der Waals surface area contributed by atoms with Gasteiger partial charge < -0.3 is 5.32 Å². The Morgan fingerprint density at radius 3 is 2.21 bits per heavy atom. The summed E-state index contributed by atoms with van der Waals surface area (Å²) in [4.78, 5) is 0.920. The molecule has 0 saturated carbocycles. The van der Waals surface area contributed by atoms with Crippen LogP contribution in [-0.4, -0.2) is 18.6 Å². The summed E-state index contributed by atoms with van der Waals surface area (Å²) in [5, 5.41) is 11.5. The number of thiophene rings is 1. The molecule has 0 aliphatic carbocycles. The van der Waals surface area contributed by atoms with Crippen LogP contribution in [0.5, 0.6) is 0 Å². The van der Waals surface area contributed by atoms with E-state index in [-0.39, 0.29) is 10.0 Å². The standard InChI is InChI=1S/C15H13ClN4O2S2/c1-10-2-9-15(23-10)24(21,22)20-14-8-7-13(18-19-14)17-12-5-3-11(16)4-6-12/h2-9H,1H3,(H,17,18)(H,19,20). The van der Waals surface area contributed by atoms with Crippen LogP contribution in [0.3, 0.4) is 0 Å². The summed E-state index contributed by atoms with van der Waals surface area (Å²) < 4.78 is 27.1. The van der Waals surface area contributed by atoms with E-state index in [1.807, 2.05) is 6.92 Å². The SMILES string of the molecule is Cc1ccc(S(=O)(=O)Nc2ccc(Nc3ccc(Cl)cc3)nn2)s1. The van der Waals surface area contributed by atoms with Crippen molar-refractivity contribution in [2.45, 2.75) is 11.1 Å². The van der Waals surface area contributed by atoms with Crippen LogP contribution in [0.2, 0.25) is 5.02 Å². The van der Waals surface area contributed by atoms with E-state index >= 15 is 0 Å². The minimum atomic E-state index is -3.64. The van der Waals surface area contributed by atoms with Gasteiger partial charge in [-0.05, 0) is 55.5 Å². The molecule has 0 unspecified atom stereocenters. The number of aromatic nitrogens is 2. The van der Waals surface area contributed by atoms with Gasteiger partial charge in [0.05, 0.1) is 0 Å². The number of nitrogens with one attached hydrogen (secondary N) is 2. The van der Waals surface area contributed by atoms with Crippen LogP contribution in [-0.2, 0) is 10.0 Å². The number of rotatable bonds is 5. The first-order valence-corrected chi connectivity index (χ1v) is 9.56. The van der Waals surface area contributed by atoms with E-state index < -0.39 is 10.0 Å². The van der Waals surface area contributed by atoms with Crippen LogP contribution in [0.4, 0.5) is 17.3 Å². The lowest BCUT2D eigenvalue weighted by atomic mass is 10.3. The minimum absolute atomic E-state index is 0.155. The summed E-state index contributed by atoms with van der Waals surface area (Å²) in [6, 6.07) is 13.6. The highest BCUT2D eigenvalue weighted by Crippen LogP contribution is 2.23. The highest BCUT2D eigenvalue weighted by molar-refractivity contribution is 7.94. The van der Waals surface area contributed by atoms with Gasteiger partial charge in [-0.15, -0.1) is 21.5 Å². The van der Waals surface area contributed by atoms with Crippen molar-refractivity contribution in [3.8, 4) is 0 Å². The number of benzene rings is 1. The van der Waals surface area contributed by atoms with Crippen molar-refractivity contribution in [2.24, 2.45) is 0 Å².